The largest absolute Gasteiger partial charge is 0.352 e. The first-order valence-corrected chi connectivity index (χ1v) is 11.1. The molecular formula is C21H26IN5O. The van der Waals surface area contributed by atoms with Gasteiger partial charge in [0, 0.05) is 47.9 Å². The van der Waals surface area contributed by atoms with Crippen molar-refractivity contribution < 1.29 is 4.79 Å². The SMILES string of the molecule is CC1CCCCN1c1ccc(N2CCN(C(=O)c3ccc(I)cc3)CC2)nn1. The number of benzene rings is 1. The minimum absolute atomic E-state index is 0.108. The zero-order chi connectivity index (χ0) is 19.5. The van der Waals surface area contributed by atoms with E-state index in [9.17, 15) is 4.79 Å². The lowest BCUT2D eigenvalue weighted by molar-refractivity contribution is 0.0746. The van der Waals surface area contributed by atoms with Crippen molar-refractivity contribution in [3.05, 3.63) is 45.5 Å². The Balaban J connectivity index is 1.35. The number of amides is 1. The molecule has 3 heterocycles. The lowest BCUT2D eigenvalue weighted by Gasteiger charge is -2.36. The van der Waals surface area contributed by atoms with Gasteiger partial charge in [-0.15, -0.1) is 10.2 Å². The summed E-state index contributed by atoms with van der Waals surface area (Å²) in [6, 6.07) is 12.5. The molecule has 2 fully saturated rings. The molecular weight excluding hydrogens is 465 g/mol. The van der Waals surface area contributed by atoms with Gasteiger partial charge in [-0.2, -0.15) is 0 Å². The van der Waals surface area contributed by atoms with E-state index in [1.807, 2.05) is 29.2 Å². The molecule has 0 radical (unpaired) electrons. The van der Waals surface area contributed by atoms with Gasteiger partial charge in [0.15, 0.2) is 11.6 Å². The van der Waals surface area contributed by atoms with Crippen LogP contribution in [0.1, 0.15) is 36.5 Å². The fourth-order valence-electron chi connectivity index (χ4n) is 3.99. The van der Waals surface area contributed by atoms with Gasteiger partial charge in [-0.1, -0.05) is 0 Å². The first-order chi connectivity index (χ1) is 13.6. The second kappa shape index (κ2) is 8.63. The number of carbonyl (C=O) groups excluding carboxylic acids is 1. The predicted octanol–water partition coefficient (Wildman–Crippen LogP) is 3.42. The van der Waals surface area contributed by atoms with Crippen LogP contribution in [-0.4, -0.2) is 59.8 Å². The molecule has 1 atom stereocenters. The third-order valence-corrected chi connectivity index (χ3v) is 6.43. The van der Waals surface area contributed by atoms with Gasteiger partial charge in [-0.25, -0.2) is 0 Å². The maximum absolute atomic E-state index is 12.7. The summed E-state index contributed by atoms with van der Waals surface area (Å²) >= 11 is 2.25. The molecule has 148 valence electrons. The average Bonchev–Trinajstić information content (AvgIpc) is 2.74. The number of nitrogens with zero attached hydrogens (tertiary/aromatic N) is 5. The van der Waals surface area contributed by atoms with E-state index < -0.39 is 0 Å². The van der Waals surface area contributed by atoms with E-state index in [-0.39, 0.29) is 5.91 Å². The third kappa shape index (κ3) is 4.24. The van der Waals surface area contributed by atoms with E-state index in [0.717, 1.165) is 40.4 Å². The Morgan fingerprint density at radius 1 is 0.929 bits per heavy atom. The Hall–Kier alpha value is -1.90. The third-order valence-electron chi connectivity index (χ3n) is 5.72. The molecule has 28 heavy (non-hydrogen) atoms. The van der Waals surface area contributed by atoms with Gasteiger partial charge in [0.2, 0.25) is 0 Å². The van der Waals surface area contributed by atoms with Crippen LogP contribution in [0.3, 0.4) is 0 Å². The highest BCUT2D eigenvalue weighted by Gasteiger charge is 2.24. The zero-order valence-electron chi connectivity index (χ0n) is 16.2. The predicted molar refractivity (Wildman–Crippen MR) is 120 cm³/mol. The van der Waals surface area contributed by atoms with Crippen molar-refractivity contribution >= 4 is 40.1 Å². The molecule has 0 N–H and O–H groups in total. The van der Waals surface area contributed by atoms with Crippen molar-refractivity contribution in [3.8, 4) is 0 Å². The molecule has 1 amide bonds. The van der Waals surface area contributed by atoms with Crippen molar-refractivity contribution in [2.24, 2.45) is 0 Å². The summed E-state index contributed by atoms with van der Waals surface area (Å²) in [6.45, 7) is 6.30. The van der Waals surface area contributed by atoms with Crippen LogP contribution in [0.2, 0.25) is 0 Å². The molecule has 0 bridgehead atoms. The van der Waals surface area contributed by atoms with Crippen LogP contribution in [0.15, 0.2) is 36.4 Å². The number of rotatable bonds is 3. The molecule has 1 unspecified atom stereocenters. The van der Waals surface area contributed by atoms with E-state index >= 15 is 0 Å². The van der Waals surface area contributed by atoms with Crippen LogP contribution in [0.5, 0.6) is 0 Å². The van der Waals surface area contributed by atoms with Crippen LogP contribution in [0.4, 0.5) is 11.6 Å². The highest BCUT2D eigenvalue weighted by atomic mass is 127. The second-order valence-corrected chi connectivity index (χ2v) is 8.82. The molecule has 1 aromatic heterocycles. The molecule has 7 heteroatoms. The Morgan fingerprint density at radius 2 is 1.61 bits per heavy atom. The minimum Gasteiger partial charge on any atom is -0.352 e. The minimum atomic E-state index is 0.108. The molecule has 2 aliphatic rings. The number of hydrogen-bond acceptors (Lipinski definition) is 5. The van der Waals surface area contributed by atoms with Crippen LogP contribution < -0.4 is 9.80 Å². The number of aromatic nitrogens is 2. The Morgan fingerprint density at radius 3 is 2.25 bits per heavy atom. The van der Waals surface area contributed by atoms with Crippen molar-refractivity contribution in [2.75, 3.05) is 42.5 Å². The standard InChI is InChI=1S/C21H26IN5O/c1-16-4-2-3-11-27(16)20-10-9-19(23-24-20)25-12-14-26(15-13-25)21(28)17-5-7-18(22)8-6-17/h5-10,16H,2-4,11-15H2,1H3. The molecule has 6 nitrogen and oxygen atoms in total. The van der Waals surface area contributed by atoms with Crippen LogP contribution in [0.25, 0.3) is 0 Å². The van der Waals surface area contributed by atoms with Gasteiger partial charge >= 0.3 is 0 Å². The van der Waals surface area contributed by atoms with Gasteiger partial charge < -0.3 is 14.7 Å². The molecule has 0 saturated carbocycles. The number of halogens is 1. The number of piperidine rings is 1. The highest BCUT2D eigenvalue weighted by molar-refractivity contribution is 14.1. The molecule has 2 aliphatic heterocycles. The first-order valence-electron chi connectivity index (χ1n) is 10.0. The monoisotopic (exact) mass is 491 g/mol. The van der Waals surface area contributed by atoms with Gasteiger partial charge in [0.1, 0.15) is 0 Å². The summed E-state index contributed by atoms with van der Waals surface area (Å²) in [5.41, 5.74) is 0.758. The summed E-state index contributed by atoms with van der Waals surface area (Å²) < 4.78 is 1.14. The van der Waals surface area contributed by atoms with E-state index in [0.29, 0.717) is 19.1 Å². The van der Waals surface area contributed by atoms with Crippen LogP contribution in [-0.2, 0) is 0 Å². The molecule has 0 aliphatic carbocycles. The van der Waals surface area contributed by atoms with Gasteiger partial charge in [-0.05, 0) is 85.2 Å². The summed E-state index contributed by atoms with van der Waals surface area (Å²) in [7, 11) is 0. The smallest absolute Gasteiger partial charge is 0.253 e. The summed E-state index contributed by atoms with van der Waals surface area (Å²) in [5.74, 6) is 1.98. The normalized spacial score (nSPS) is 20.4. The highest BCUT2D eigenvalue weighted by Crippen LogP contribution is 2.24. The summed E-state index contributed by atoms with van der Waals surface area (Å²) in [5, 5.41) is 8.97. The van der Waals surface area contributed by atoms with Crippen molar-refractivity contribution in [2.45, 2.75) is 32.2 Å². The fraction of sp³-hybridized carbons (Fsp3) is 0.476. The first kappa shape index (κ1) is 19.4. The molecule has 0 spiro atoms. The van der Waals surface area contributed by atoms with E-state index in [1.54, 1.807) is 0 Å². The quantitative estimate of drug-likeness (QED) is 0.617. The number of piperazine rings is 1. The van der Waals surface area contributed by atoms with Crippen LogP contribution in [0, 0.1) is 3.57 Å². The second-order valence-electron chi connectivity index (χ2n) is 7.57. The Bertz CT molecular complexity index is 803. The molecule has 1 aromatic carbocycles. The average molecular weight is 491 g/mol. The summed E-state index contributed by atoms with van der Waals surface area (Å²) in [4.78, 5) is 19.2. The number of carbonyl (C=O) groups is 1. The Labute approximate surface area is 180 Å². The summed E-state index contributed by atoms with van der Waals surface area (Å²) in [6.07, 6.45) is 3.75. The van der Waals surface area contributed by atoms with Gasteiger partial charge in [0.25, 0.3) is 5.91 Å². The molecule has 2 aromatic rings. The molecule has 2 saturated heterocycles. The van der Waals surface area contributed by atoms with Gasteiger partial charge in [0.05, 0.1) is 0 Å². The van der Waals surface area contributed by atoms with Crippen LogP contribution >= 0.6 is 22.6 Å². The fourth-order valence-corrected chi connectivity index (χ4v) is 4.35. The van der Waals surface area contributed by atoms with Crippen molar-refractivity contribution in [3.63, 3.8) is 0 Å². The Kier molecular flexibility index (Phi) is 5.99. The topological polar surface area (TPSA) is 52.6 Å². The van der Waals surface area contributed by atoms with E-state index in [1.165, 1.54) is 19.3 Å². The van der Waals surface area contributed by atoms with E-state index in [2.05, 4.69) is 61.6 Å². The lowest BCUT2D eigenvalue weighted by Crippen LogP contribution is -2.49. The number of hydrogen-bond donors (Lipinski definition) is 0. The van der Waals surface area contributed by atoms with Crippen molar-refractivity contribution in [1.29, 1.82) is 0 Å². The van der Waals surface area contributed by atoms with E-state index in [4.69, 9.17) is 0 Å². The lowest BCUT2D eigenvalue weighted by atomic mass is 10.0. The van der Waals surface area contributed by atoms with Crippen molar-refractivity contribution in [1.82, 2.24) is 15.1 Å². The zero-order valence-corrected chi connectivity index (χ0v) is 18.4. The molecule has 4 rings (SSSR count). The van der Waals surface area contributed by atoms with Gasteiger partial charge in [-0.3, -0.25) is 4.79 Å². The maximum atomic E-state index is 12.7. The maximum Gasteiger partial charge on any atom is 0.253 e. The number of anilines is 2.